The van der Waals surface area contributed by atoms with Gasteiger partial charge in [-0.05, 0) is 6.42 Å². The lowest BCUT2D eigenvalue weighted by molar-refractivity contribution is -0.151. The molecule has 0 saturated carbocycles. The van der Waals surface area contributed by atoms with Crippen molar-refractivity contribution >= 4 is 28.8 Å². The summed E-state index contributed by atoms with van der Waals surface area (Å²) in [6.45, 7) is -0.0552. The summed E-state index contributed by atoms with van der Waals surface area (Å²) in [5.41, 5.74) is 0. The van der Waals surface area contributed by atoms with E-state index in [0.29, 0.717) is 6.42 Å². The van der Waals surface area contributed by atoms with Gasteiger partial charge in [-0.3, -0.25) is 14.4 Å². The fourth-order valence-electron chi connectivity index (χ4n) is 0.985. The van der Waals surface area contributed by atoms with Crippen LogP contribution in [0.15, 0.2) is 0 Å². The maximum absolute atomic E-state index is 11.1. The van der Waals surface area contributed by atoms with E-state index in [4.69, 9.17) is 5.11 Å². The molecule has 0 amide bonds. The standard InChI is InChI=1S/C8H10O5S/c9-3-1-2-7(11)14-5-4-6(10)13-8(5)12/h5,9H,1-4H2. The maximum atomic E-state index is 11.1. The van der Waals surface area contributed by atoms with Gasteiger partial charge < -0.3 is 9.84 Å². The monoisotopic (exact) mass is 218 g/mol. The molecule has 0 aromatic heterocycles. The highest BCUT2D eigenvalue weighted by atomic mass is 32.2. The summed E-state index contributed by atoms with van der Waals surface area (Å²) in [6, 6.07) is 0. The van der Waals surface area contributed by atoms with Crippen LogP contribution in [0.2, 0.25) is 0 Å². The van der Waals surface area contributed by atoms with Gasteiger partial charge in [-0.1, -0.05) is 11.8 Å². The van der Waals surface area contributed by atoms with Gasteiger partial charge in [-0.2, -0.15) is 0 Å². The largest absolute Gasteiger partial charge is 0.396 e. The van der Waals surface area contributed by atoms with Crippen molar-refractivity contribution in [2.75, 3.05) is 6.61 Å². The summed E-state index contributed by atoms with van der Waals surface area (Å²) in [7, 11) is 0. The molecule has 78 valence electrons. The second kappa shape index (κ2) is 5.11. The molecule has 1 rings (SSSR count). The number of carbonyl (C=O) groups excluding carboxylic acids is 3. The Kier molecular flexibility index (Phi) is 4.09. The highest BCUT2D eigenvalue weighted by Gasteiger charge is 2.35. The summed E-state index contributed by atoms with van der Waals surface area (Å²) >= 11 is 0.814. The fourth-order valence-corrected chi connectivity index (χ4v) is 1.93. The topological polar surface area (TPSA) is 80.7 Å². The zero-order chi connectivity index (χ0) is 10.6. The number of thioether (sulfide) groups is 1. The first-order valence-electron chi connectivity index (χ1n) is 4.18. The number of hydrogen-bond acceptors (Lipinski definition) is 6. The minimum Gasteiger partial charge on any atom is -0.396 e. The molecule has 1 saturated heterocycles. The zero-order valence-corrected chi connectivity index (χ0v) is 8.21. The molecule has 0 bridgehead atoms. The Bertz CT molecular complexity index is 262. The van der Waals surface area contributed by atoms with Crippen molar-refractivity contribution in [1.82, 2.24) is 0 Å². The first kappa shape index (κ1) is 11.2. The quantitative estimate of drug-likeness (QED) is 0.522. The molecule has 14 heavy (non-hydrogen) atoms. The van der Waals surface area contributed by atoms with Gasteiger partial charge in [0.2, 0.25) is 0 Å². The number of esters is 2. The average molecular weight is 218 g/mol. The molecule has 0 spiro atoms. The van der Waals surface area contributed by atoms with Crippen LogP contribution in [-0.2, 0) is 19.1 Å². The van der Waals surface area contributed by atoms with Crippen molar-refractivity contribution in [2.24, 2.45) is 0 Å². The van der Waals surface area contributed by atoms with E-state index >= 15 is 0 Å². The highest BCUT2D eigenvalue weighted by Crippen LogP contribution is 2.24. The van der Waals surface area contributed by atoms with Crippen LogP contribution in [0.4, 0.5) is 0 Å². The van der Waals surface area contributed by atoms with Crippen LogP contribution >= 0.6 is 11.8 Å². The molecule has 1 aliphatic rings. The summed E-state index contributed by atoms with van der Waals surface area (Å²) in [4.78, 5) is 32.7. The van der Waals surface area contributed by atoms with E-state index in [1.165, 1.54) is 0 Å². The third kappa shape index (κ3) is 3.12. The molecule has 1 unspecified atom stereocenters. The summed E-state index contributed by atoms with van der Waals surface area (Å²) < 4.78 is 4.28. The second-order valence-electron chi connectivity index (χ2n) is 2.80. The number of cyclic esters (lactones) is 2. The number of rotatable bonds is 4. The second-order valence-corrected chi connectivity index (χ2v) is 4.06. The van der Waals surface area contributed by atoms with E-state index < -0.39 is 17.2 Å². The lowest BCUT2D eigenvalue weighted by Crippen LogP contribution is -2.12. The third-order valence-corrected chi connectivity index (χ3v) is 2.75. The van der Waals surface area contributed by atoms with Crippen LogP contribution in [0.25, 0.3) is 0 Å². The number of aliphatic hydroxyl groups is 1. The summed E-state index contributed by atoms with van der Waals surface area (Å²) in [5.74, 6) is -1.22. The van der Waals surface area contributed by atoms with Gasteiger partial charge >= 0.3 is 11.9 Å². The Morgan fingerprint density at radius 1 is 1.57 bits per heavy atom. The summed E-state index contributed by atoms with van der Waals surface area (Å²) in [6.07, 6.45) is 0.551. The van der Waals surface area contributed by atoms with Crippen molar-refractivity contribution in [3.05, 3.63) is 0 Å². The Balaban J connectivity index is 2.33. The molecule has 5 nitrogen and oxygen atoms in total. The molecule has 1 N–H and O–H groups in total. The van der Waals surface area contributed by atoms with Gasteiger partial charge in [0, 0.05) is 13.0 Å². The lowest BCUT2D eigenvalue weighted by atomic mass is 10.3. The van der Waals surface area contributed by atoms with Gasteiger partial charge in [0.1, 0.15) is 5.25 Å². The van der Waals surface area contributed by atoms with E-state index in [1.54, 1.807) is 0 Å². The van der Waals surface area contributed by atoms with Crippen molar-refractivity contribution in [3.63, 3.8) is 0 Å². The van der Waals surface area contributed by atoms with E-state index in [0.717, 1.165) is 11.8 Å². The van der Waals surface area contributed by atoms with E-state index in [2.05, 4.69) is 4.74 Å². The van der Waals surface area contributed by atoms with Gasteiger partial charge in [0.25, 0.3) is 0 Å². The molecular weight excluding hydrogens is 208 g/mol. The van der Waals surface area contributed by atoms with Crippen LogP contribution in [0.5, 0.6) is 0 Å². The van der Waals surface area contributed by atoms with Gasteiger partial charge in [-0.15, -0.1) is 0 Å². The number of ether oxygens (including phenoxy) is 1. The minimum absolute atomic E-state index is 0.0334. The average Bonchev–Trinajstić information content (AvgIpc) is 2.42. The van der Waals surface area contributed by atoms with Crippen LogP contribution in [-0.4, -0.2) is 34.0 Å². The summed E-state index contributed by atoms with van der Waals surface area (Å²) in [5, 5.41) is 7.58. The number of carbonyl (C=O) groups is 3. The van der Waals surface area contributed by atoms with Crippen molar-refractivity contribution < 1.29 is 24.2 Å². The Morgan fingerprint density at radius 2 is 2.29 bits per heavy atom. The van der Waals surface area contributed by atoms with Crippen molar-refractivity contribution in [2.45, 2.75) is 24.5 Å². The van der Waals surface area contributed by atoms with Crippen LogP contribution in [0.1, 0.15) is 19.3 Å². The lowest BCUT2D eigenvalue weighted by Gasteiger charge is -2.01. The number of hydrogen-bond donors (Lipinski definition) is 1. The molecule has 0 radical (unpaired) electrons. The smallest absolute Gasteiger partial charge is 0.327 e. The van der Waals surface area contributed by atoms with Crippen molar-refractivity contribution in [3.8, 4) is 0 Å². The Hall–Kier alpha value is -0.880. The minimum atomic E-state index is -0.686. The molecule has 6 heteroatoms. The van der Waals surface area contributed by atoms with Crippen LogP contribution < -0.4 is 0 Å². The SMILES string of the molecule is O=C1CC(SC(=O)CCCO)C(=O)O1. The van der Waals surface area contributed by atoms with Gasteiger partial charge in [-0.25, -0.2) is 0 Å². The molecule has 1 fully saturated rings. The normalized spacial score (nSPS) is 21.1. The first-order chi connectivity index (χ1) is 6.63. The molecule has 1 aliphatic heterocycles. The molecule has 0 aromatic carbocycles. The molecule has 0 aliphatic carbocycles. The molecular formula is C8H10O5S. The van der Waals surface area contributed by atoms with Gasteiger partial charge in [0.15, 0.2) is 5.12 Å². The Labute approximate surface area is 84.8 Å². The van der Waals surface area contributed by atoms with E-state index in [9.17, 15) is 14.4 Å². The third-order valence-electron chi connectivity index (χ3n) is 1.64. The van der Waals surface area contributed by atoms with Crippen LogP contribution in [0, 0.1) is 0 Å². The van der Waals surface area contributed by atoms with Crippen LogP contribution in [0.3, 0.4) is 0 Å². The fraction of sp³-hybridized carbons (Fsp3) is 0.625. The zero-order valence-electron chi connectivity index (χ0n) is 7.39. The maximum Gasteiger partial charge on any atom is 0.327 e. The first-order valence-corrected chi connectivity index (χ1v) is 5.06. The predicted octanol–water partition coefficient (Wildman–Crippen LogP) is -0.139. The molecule has 1 heterocycles. The predicted molar refractivity (Wildman–Crippen MR) is 48.4 cm³/mol. The molecule has 0 aromatic rings. The van der Waals surface area contributed by atoms with Gasteiger partial charge in [0.05, 0.1) is 6.42 Å². The highest BCUT2D eigenvalue weighted by molar-refractivity contribution is 8.14. The van der Waals surface area contributed by atoms with E-state index in [1.807, 2.05) is 0 Å². The molecule has 1 atom stereocenters. The van der Waals surface area contributed by atoms with E-state index in [-0.39, 0.29) is 24.6 Å². The Morgan fingerprint density at radius 3 is 2.79 bits per heavy atom. The number of aliphatic hydroxyl groups excluding tert-OH is 1. The van der Waals surface area contributed by atoms with Crippen molar-refractivity contribution in [1.29, 1.82) is 0 Å².